The zero-order valence-corrected chi connectivity index (χ0v) is 18.4. The first kappa shape index (κ1) is 22.6. The Labute approximate surface area is 191 Å². The molecule has 0 saturated carbocycles. The molecule has 0 saturated heterocycles. The zero-order chi connectivity index (χ0) is 23.6. The van der Waals surface area contributed by atoms with Crippen molar-refractivity contribution in [2.45, 2.75) is 20.0 Å². The second kappa shape index (κ2) is 9.10. The van der Waals surface area contributed by atoms with Gasteiger partial charge in [-0.25, -0.2) is 15.0 Å². The van der Waals surface area contributed by atoms with Gasteiger partial charge in [0.1, 0.15) is 17.1 Å². The maximum Gasteiger partial charge on any atom is 0.421 e. The highest BCUT2D eigenvalue weighted by atomic mass is 35.5. The van der Waals surface area contributed by atoms with Crippen LogP contribution in [-0.4, -0.2) is 43.2 Å². The Hall–Kier alpha value is -3.60. The molecule has 0 fully saturated rings. The molecule has 4 rings (SSSR count). The third kappa shape index (κ3) is 4.63. The van der Waals surface area contributed by atoms with Gasteiger partial charge in [-0.2, -0.15) is 23.3 Å². The van der Waals surface area contributed by atoms with Gasteiger partial charge < -0.3 is 10.2 Å². The molecule has 170 valence electrons. The standard InChI is InChI=1S/C21H18ClF3N8/c1-3-33(4-2)19-13(21(23,24)25)11-27-20(31-19)30-15-8-9-26-18-12(15)5-6-16(29-18)17-14(22)7-10-28-32-17/h5-11H,3-4H2,1-2H3,(H,26,27,29,30,31). The molecule has 0 aliphatic carbocycles. The summed E-state index contributed by atoms with van der Waals surface area (Å²) in [7, 11) is 0. The molecule has 8 nitrogen and oxygen atoms in total. The first-order chi connectivity index (χ1) is 15.8. The first-order valence-corrected chi connectivity index (χ1v) is 10.4. The lowest BCUT2D eigenvalue weighted by Gasteiger charge is -2.24. The summed E-state index contributed by atoms with van der Waals surface area (Å²) in [6.07, 6.45) is -0.778. The smallest absolute Gasteiger partial charge is 0.357 e. The van der Waals surface area contributed by atoms with Gasteiger partial charge in [0.25, 0.3) is 0 Å². The molecule has 0 amide bonds. The summed E-state index contributed by atoms with van der Waals surface area (Å²) >= 11 is 6.18. The highest BCUT2D eigenvalue weighted by Crippen LogP contribution is 2.36. The molecule has 4 aromatic heterocycles. The molecule has 12 heteroatoms. The minimum Gasteiger partial charge on any atom is -0.357 e. The Morgan fingerprint density at radius 2 is 1.79 bits per heavy atom. The van der Waals surface area contributed by atoms with Crippen LogP contribution < -0.4 is 10.2 Å². The largest absolute Gasteiger partial charge is 0.421 e. The molecule has 1 N–H and O–H groups in total. The number of pyridine rings is 2. The van der Waals surface area contributed by atoms with Crippen LogP contribution in [0, 0.1) is 0 Å². The summed E-state index contributed by atoms with van der Waals surface area (Å²) in [5.41, 5.74) is 0.934. The predicted octanol–water partition coefficient (Wildman–Crippen LogP) is 5.14. The Morgan fingerprint density at radius 1 is 1.00 bits per heavy atom. The van der Waals surface area contributed by atoms with Gasteiger partial charge in [-0.15, -0.1) is 5.10 Å². The number of alkyl halides is 3. The molecule has 0 atom stereocenters. The Morgan fingerprint density at radius 3 is 2.48 bits per heavy atom. The molecule has 0 bridgehead atoms. The van der Waals surface area contributed by atoms with Crippen LogP contribution in [-0.2, 0) is 6.18 Å². The lowest BCUT2D eigenvalue weighted by molar-refractivity contribution is -0.137. The normalized spacial score (nSPS) is 11.6. The van der Waals surface area contributed by atoms with E-state index in [0.29, 0.717) is 46.2 Å². The summed E-state index contributed by atoms with van der Waals surface area (Å²) in [6, 6.07) is 6.74. The Kier molecular flexibility index (Phi) is 6.23. The van der Waals surface area contributed by atoms with E-state index in [4.69, 9.17) is 11.6 Å². The predicted molar refractivity (Wildman–Crippen MR) is 119 cm³/mol. The van der Waals surface area contributed by atoms with E-state index in [2.05, 4.69) is 35.5 Å². The number of aromatic nitrogens is 6. The molecule has 4 heterocycles. The Bertz CT molecular complexity index is 1290. The van der Waals surface area contributed by atoms with Crippen LogP contribution in [0.1, 0.15) is 19.4 Å². The number of halogens is 4. The van der Waals surface area contributed by atoms with E-state index < -0.39 is 11.7 Å². The van der Waals surface area contributed by atoms with E-state index in [1.54, 1.807) is 38.1 Å². The number of rotatable bonds is 6. The monoisotopic (exact) mass is 474 g/mol. The van der Waals surface area contributed by atoms with Gasteiger partial charge in [0.2, 0.25) is 5.95 Å². The number of hydrogen-bond acceptors (Lipinski definition) is 8. The second-order valence-corrected chi connectivity index (χ2v) is 7.29. The van der Waals surface area contributed by atoms with Crippen LogP contribution in [0.2, 0.25) is 5.02 Å². The average molecular weight is 475 g/mol. The molecule has 0 radical (unpaired) electrons. The summed E-state index contributed by atoms with van der Waals surface area (Å²) in [5.74, 6) is -0.153. The van der Waals surface area contributed by atoms with E-state index in [1.165, 1.54) is 17.3 Å². The van der Waals surface area contributed by atoms with Gasteiger partial charge >= 0.3 is 6.18 Å². The summed E-state index contributed by atoms with van der Waals surface area (Å²) < 4.78 is 40.5. The molecule has 0 aromatic carbocycles. The molecular weight excluding hydrogens is 457 g/mol. The maximum absolute atomic E-state index is 13.5. The van der Waals surface area contributed by atoms with E-state index >= 15 is 0 Å². The molecule has 0 unspecified atom stereocenters. The first-order valence-electron chi connectivity index (χ1n) is 10.0. The van der Waals surface area contributed by atoms with Crippen molar-refractivity contribution in [3.8, 4) is 11.4 Å². The molecule has 0 spiro atoms. The van der Waals surface area contributed by atoms with Crippen molar-refractivity contribution < 1.29 is 13.2 Å². The average Bonchev–Trinajstić information content (AvgIpc) is 2.79. The van der Waals surface area contributed by atoms with Crippen molar-refractivity contribution in [3.05, 3.63) is 53.4 Å². The Balaban J connectivity index is 1.73. The van der Waals surface area contributed by atoms with Gasteiger partial charge in [0.05, 0.1) is 22.6 Å². The van der Waals surface area contributed by atoms with Gasteiger partial charge in [0.15, 0.2) is 5.65 Å². The third-order valence-corrected chi connectivity index (χ3v) is 5.21. The minimum absolute atomic E-state index is 0.0263. The topological polar surface area (TPSA) is 92.6 Å². The van der Waals surface area contributed by atoms with Gasteiger partial charge in [-0.05, 0) is 38.1 Å². The van der Waals surface area contributed by atoms with E-state index in [-0.39, 0.29) is 11.8 Å². The molecule has 33 heavy (non-hydrogen) atoms. The number of hydrogen-bond donors (Lipinski definition) is 1. The van der Waals surface area contributed by atoms with Crippen molar-refractivity contribution in [3.63, 3.8) is 0 Å². The number of nitrogens with zero attached hydrogens (tertiary/aromatic N) is 7. The highest BCUT2D eigenvalue weighted by molar-refractivity contribution is 6.32. The molecule has 4 aromatic rings. The molecule has 0 aliphatic rings. The fourth-order valence-corrected chi connectivity index (χ4v) is 3.47. The van der Waals surface area contributed by atoms with Crippen molar-refractivity contribution in [2.75, 3.05) is 23.3 Å². The fraction of sp³-hybridized carbons (Fsp3) is 0.238. The van der Waals surface area contributed by atoms with Crippen LogP contribution in [0.25, 0.3) is 22.4 Å². The summed E-state index contributed by atoms with van der Waals surface area (Å²) in [6.45, 7) is 4.27. The van der Waals surface area contributed by atoms with Crippen LogP contribution in [0.4, 0.5) is 30.6 Å². The van der Waals surface area contributed by atoms with E-state index in [9.17, 15) is 13.2 Å². The fourth-order valence-electron chi connectivity index (χ4n) is 3.28. The number of nitrogens with one attached hydrogen (secondary N) is 1. The maximum atomic E-state index is 13.5. The van der Waals surface area contributed by atoms with Crippen molar-refractivity contribution in [1.82, 2.24) is 30.1 Å². The van der Waals surface area contributed by atoms with Crippen LogP contribution >= 0.6 is 11.6 Å². The number of anilines is 3. The van der Waals surface area contributed by atoms with E-state index in [1.807, 2.05) is 0 Å². The van der Waals surface area contributed by atoms with Gasteiger partial charge in [0, 0.05) is 30.9 Å². The lowest BCUT2D eigenvalue weighted by atomic mass is 10.2. The second-order valence-electron chi connectivity index (χ2n) is 6.88. The van der Waals surface area contributed by atoms with Crippen LogP contribution in [0.15, 0.2) is 42.9 Å². The third-order valence-electron chi connectivity index (χ3n) is 4.90. The zero-order valence-electron chi connectivity index (χ0n) is 17.6. The minimum atomic E-state index is -4.57. The molecule has 0 aliphatic heterocycles. The number of fused-ring (bicyclic) bond motifs is 1. The SMILES string of the molecule is CCN(CC)c1nc(Nc2ccnc3nc(-c4nnccc4Cl)ccc23)ncc1C(F)(F)F. The van der Waals surface area contributed by atoms with E-state index in [0.717, 1.165) is 6.20 Å². The van der Waals surface area contributed by atoms with Gasteiger partial charge in [-0.3, -0.25) is 0 Å². The summed E-state index contributed by atoms with van der Waals surface area (Å²) in [4.78, 5) is 18.4. The summed E-state index contributed by atoms with van der Waals surface area (Å²) in [5, 5.41) is 11.8. The van der Waals surface area contributed by atoms with Gasteiger partial charge in [-0.1, -0.05) is 11.6 Å². The van der Waals surface area contributed by atoms with Crippen LogP contribution in [0.5, 0.6) is 0 Å². The molecular formula is C21H18ClF3N8. The highest BCUT2D eigenvalue weighted by Gasteiger charge is 2.36. The van der Waals surface area contributed by atoms with Crippen molar-refractivity contribution in [1.29, 1.82) is 0 Å². The van der Waals surface area contributed by atoms with Crippen LogP contribution in [0.3, 0.4) is 0 Å². The quantitative estimate of drug-likeness (QED) is 0.410. The van der Waals surface area contributed by atoms with Crippen molar-refractivity contribution in [2.24, 2.45) is 0 Å². The lowest BCUT2D eigenvalue weighted by Crippen LogP contribution is -2.27. The van der Waals surface area contributed by atoms with Crippen molar-refractivity contribution >= 4 is 40.1 Å².